The molecule has 3 nitrogen and oxygen atoms in total. The Hall–Kier alpha value is -4.37. The molecule has 42 heavy (non-hydrogen) atoms. The largest absolute Gasteiger partial charge is 0.208 e. The van der Waals surface area contributed by atoms with E-state index < -0.39 is 0 Å². The molecule has 1 aromatic heterocycles. The van der Waals surface area contributed by atoms with Crippen LogP contribution in [0.2, 0.25) is 0 Å². The standard InChI is InChI=1S/C39H37N3/c1-5-13-29(14-6-1)30-19-23-34(24-20-30)39(27-11-4-12-28-39)35-25-21-33(22-26-35)38-41-36(31-15-7-2-8-16-31)40-37(42-38)32-17-9-3-10-18-32/h2,5,7-9,13-26H,1,3-4,6,10-12,27-28H2. The monoisotopic (exact) mass is 547 g/mol. The van der Waals surface area contributed by atoms with Gasteiger partial charge >= 0.3 is 0 Å². The summed E-state index contributed by atoms with van der Waals surface area (Å²) >= 11 is 0. The summed E-state index contributed by atoms with van der Waals surface area (Å²) in [6, 6.07) is 28.7. The molecule has 4 aromatic rings. The van der Waals surface area contributed by atoms with E-state index in [9.17, 15) is 0 Å². The van der Waals surface area contributed by atoms with Crippen LogP contribution in [-0.2, 0) is 5.41 Å². The molecular weight excluding hydrogens is 510 g/mol. The topological polar surface area (TPSA) is 38.7 Å². The summed E-state index contributed by atoms with van der Waals surface area (Å²) < 4.78 is 0. The normalized spacial score (nSPS) is 17.9. The Morgan fingerprint density at radius 1 is 0.452 bits per heavy atom. The van der Waals surface area contributed by atoms with E-state index in [0.29, 0.717) is 5.82 Å². The molecule has 0 amide bonds. The van der Waals surface area contributed by atoms with Gasteiger partial charge in [0.25, 0.3) is 0 Å². The van der Waals surface area contributed by atoms with Crippen LogP contribution in [0.4, 0.5) is 0 Å². The maximum absolute atomic E-state index is 4.97. The zero-order valence-electron chi connectivity index (χ0n) is 24.2. The lowest BCUT2D eigenvalue weighted by Gasteiger charge is -2.39. The SMILES string of the molecule is C1=CC(c2ccc(C3(c4ccc(-c5nc(C6=CCCC=C6)nc(-c6ccccc6)n5)cc4)CCCCC3)cc2)=CCC1. The molecule has 0 saturated heterocycles. The number of rotatable bonds is 6. The highest BCUT2D eigenvalue weighted by atomic mass is 15.0. The Morgan fingerprint density at radius 3 is 1.55 bits per heavy atom. The third-order valence-electron chi connectivity index (χ3n) is 9.09. The Bertz CT molecular complexity index is 1670. The van der Waals surface area contributed by atoms with Crippen molar-refractivity contribution in [2.75, 3.05) is 0 Å². The fraction of sp³-hybridized carbons (Fsp3) is 0.256. The van der Waals surface area contributed by atoms with Crippen LogP contribution < -0.4 is 0 Å². The zero-order chi connectivity index (χ0) is 28.2. The highest BCUT2D eigenvalue weighted by molar-refractivity contribution is 5.75. The van der Waals surface area contributed by atoms with Crippen molar-refractivity contribution in [3.05, 3.63) is 138 Å². The van der Waals surface area contributed by atoms with Crippen LogP contribution in [0.15, 0.2) is 115 Å². The molecule has 0 unspecified atom stereocenters. The highest BCUT2D eigenvalue weighted by Gasteiger charge is 2.35. The van der Waals surface area contributed by atoms with Crippen LogP contribution in [0.3, 0.4) is 0 Å². The van der Waals surface area contributed by atoms with Gasteiger partial charge in [-0.25, -0.2) is 15.0 Å². The van der Waals surface area contributed by atoms with Gasteiger partial charge in [0.15, 0.2) is 17.5 Å². The summed E-state index contributed by atoms with van der Waals surface area (Å²) in [7, 11) is 0. The van der Waals surface area contributed by atoms with Crippen LogP contribution in [0.5, 0.6) is 0 Å². The van der Waals surface area contributed by atoms with E-state index in [4.69, 9.17) is 15.0 Å². The van der Waals surface area contributed by atoms with E-state index in [1.807, 2.05) is 18.2 Å². The Balaban J connectivity index is 1.25. The Morgan fingerprint density at radius 2 is 0.976 bits per heavy atom. The first kappa shape index (κ1) is 26.5. The average Bonchev–Trinajstić information content (AvgIpc) is 3.10. The van der Waals surface area contributed by atoms with Gasteiger partial charge in [-0.3, -0.25) is 0 Å². The molecule has 3 aliphatic carbocycles. The molecule has 208 valence electrons. The lowest BCUT2D eigenvalue weighted by Crippen LogP contribution is -2.30. The summed E-state index contributed by atoms with van der Waals surface area (Å²) in [5.41, 5.74) is 8.64. The van der Waals surface area contributed by atoms with Gasteiger partial charge in [0.2, 0.25) is 0 Å². The second-order valence-corrected chi connectivity index (χ2v) is 11.7. The molecule has 7 rings (SSSR count). The van der Waals surface area contributed by atoms with Crippen LogP contribution in [0.1, 0.15) is 80.3 Å². The van der Waals surface area contributed by atoms with Crippen LogP contribution in [0, 0.1) is 0 Å². The van der Waals surface area contributed by atoms with Crippen molar-refractivity contribution in [3.8, 4) is 22.8 Å². The van der Waals surface area contributed by atoms with Gasteiger partial charge in [0.1, 0.15) is 0 Å². The van der Waals surface area contributed by atoms with Gasteiger partial charge in [-0.1, -0.05) is 135 Å². The first-order valence-electron chi connectivity index (χ1n) is 15.6. The number of benzene rings is 3. The molecule has 3 aromatic carbocycles. The molecule has 1 saturated carbocycles. The summed E-state index contributed by atoms with van der Waals surface area (Å²) in [6.07, 6.45) is 24.1. The van der Waals surface area contributed by atoms with E-state index in [0.717, 1.165) is 54.0 Å². The maximum Gasteiger partial charge on any atom is 0.164 e. The van der Waals surface area contributed by atoms with E-state index in [-0.39, 0.29) is 5.41 Å². The fourth-order valence-corrected chi connectivity index (χ4v) is 6.78. The van der Waals surface area contributed by atoms with Crippen molar-refractivity contribution in [1.29, 1.82) is 0 Å². The molecule has 1 heterocycles. The van der Waals surface area contributed by atoms with Crippen molar-refractivity contribution < 1.29 is 0 Å². The second-order valence-electron chi connectivity index (χ2n) is 11.7. The number of aromatic nitrogens is 3. The van der Waals surface area contributed by atoms with Gasteiger partial charge < -0.3 is 0 Å². The fourth-order valence-electron chi connectivity index (χ4n) is 6.78. The molecular formula is C39H37N3. The highest BCUT2D eigenvalue weighted by Crippen LogP contribution is 2.45. The number of hydrogen-bond acceptors (Lipinski definition) is 3. The quantitative estimate of drug-likeness (QED) is 0.241. The molecule has 0 N–H and O–H groups in total. The van der Waals surface area contributed by atoms with E-state index >= 15 is 0 Å². The van der Waals surface area contributed by atoms with Crippen molar-refractivity contribution in [3.63, 3.8) is 0 Å². The average molecular weight is 548 g/mol. The van der Waals surface area contributed by atoms with Crippen LogP contribution in [-0.4, -0.2) is 15.0 Å². The predicted molar refractivity (Wildman–Crippen MR) is 174 cm³/mol. The molecule has 3 aliphatic rings. The predicted octanol–water partition coefficient (Wildman–Crippen LogP) is 9.92. The Labute approximate surface area is 249 Å². The third-order valence-corrected chi connectivity index (χ3v) is 9.09. The molecule has 1 fully saturated rings. The minimum absolute atomic E-state index is 0.0449. The van der Waals surface area contributed by atoms with Gasteiger partial charge in [-0.05, 0) is 60.8 Å². The van der Waals surface area contributed by atoms with Crippen LogP contribution >= 0.6 is 0 Å². The number of allylic oxidation sites excluding steroid dienone is 8. The number of hydrogen-bond donors (Lipinski definition) is 0. The maximum atomic E-state index is 4.97. The lowest BCUT2D eigenvalue weighted by molar-refractivity contribution is 0.346. The molecule has 0 spiro atoms. The van der Waals surface area contributed by atoms with Gasteiger partial charge in [0.05, 0.1) is 0 Å². The van der Waals surface area contributed by atoms with Crippen molar-refractivity contribution in [1.82, 2.24) is 15.0 Å². The molecule has 0 aliphatic heterocycles. The Kier molecular flexibility index (Phi) is 7.49. The summed E-state index contributed by atoms with van der Waals surface area (Å²) in [4.78, 5) is 14.8. The van der Waals surface area contributed by atoms with Crippen molar-refractivity contribution >= 4 is 11.1 Å². The molecule has 3 heteroatoms. The van der Waals surface area contributed by atoms with Gasteiger partial charge in [-0.2, -0.15) is 0 Å². The van der Waals surface area contributed by atoms with E-state index in [1.165, 1.54) is 54.4 Å². The summed E-state index contributed by atoms with van der Waals surface area (Å²) in [6.45, 7) is 0. The minimum Gasteiger partial charge on any atom is -0.208 e. The summed E-state index contributed by atoms with van der Waals surface area (Å²) in [5, 5.41) is 0. The lowest BCUT2D eigenvalue weighted by atomic mass is 9.65. The molecule has 0 radical (unpaired) electrons. The number of nitrogens with zero attached hydrogens (tertiary/aromatic N) is 3. The minimum atomic E-state index is 0.0449. The molecule has 0 bridgehead atoms. The molecule has 0 atom stereocenters. The summed E-state index contributed by atoms with van der Waals surface area (Å²) in [5.74, 6) is 2.18. The van der Waals surface area contributed by atoms with Crippen molar-refractivity contribution in [2.45, 2.75) is 63.2 Å². The zero-order valence-corrected chi connectivity index (χ0v) is 24.2. The van der Waals surface area contributed by atoms with Crippen LogP contribution in [0.25, 0.3) is 33.9 Å². The van der Waals surface area contributed by atoms with Gasteiger partial charge in [-0.15, -0.1) is 0 Å². The first-order chi connectivity index (χ1) is 20.8. The first-order valence-corrected chi connectivity index (χ1v) is 15.6. The van der Waals surface area contributed by atoms with Gasteiger partial charge in [0, 0.05) is 22.1 Å². The third kappa shape index (κ3) is 5.32. The second kappa shape index (κ2) is 11.9. The van der Waals surface area contributed by atoms with E-state index in [1.54, 1.807) is 0 Å². The van der Waals surface area contributed by atoms with E-state index in [2.05, 4.69) is 97.1 Å². The smallest absolute Gasteiger partial charge is 0.164 e. The van der Waals surface area contributed by atoms with Crippen molar-refractivity contribution in [2.24, 2.45) is 0 Å².